The normalized spacial score (nSPS) is 10.7. The van der Waals surface area contributed by atoms with Crippen molar-refractivity contribution in [2.75, 3.05) is 0 Å². The van der Waals surface area contributed by atoms with E-state index in [1.807, 2.05) is 0 Å². The fourth-order valence-corrected chi connectivity index (χ4v) is 4.46. The van der Waals surface area contributed by atoms with Crippen LogP contribution in [0.25, 0.3) is 0 Å². The summed E-state index contributed by atoms with van der Waals surface area (Å²) in [5.74, 6) is 0. The molecule has 0 aliphatic carbocycles. The molecule has 2 rings (SSSR count). The van der Waals surface area contributed by atoms with Gasteiger partial charge in [0.05, 0.1) is 0 Å². The molecule has 2 aromatic rings. The molecule has 0 fully saturated rings. The van der Waals surface area contributed by atoms with Gasteiger partial charge < -0.3 is 0 Å². The predicted molar refractivity (Wildman–Crippen MR) is 82.7 cm³/mol. The fraction of sp³-hybridized carbons (Fsp3) is 0.368. The molecular weight excluding hydrogens is 355 g/mol. The molecule has 0 amide bonds. The molecule has 0 aromatic heterocycles. The third-order valence-electron chi connectivity index (χ3n) is 3.43. The SMILES string of the molecule is CCCCCCCc1ccc([I+]c2ccccc2)cc1. The maximum Gasteiger partial charge on any atom is 0.357 e. The highest BCUT2D eigenvalue weighted by molar-refractivity contribution is 5.14. The van der Waals surface area contributed by atoms with E-state index in [9.17, 15) is 0 Å². The van der Waals surface area contributed by atoms with Gasteiger partial charge in [-0.3, -0.25) is 0 Å². The minimum absolute atomic E-state index is 0.00605. The van der Waals surface area contributed by atoms with E-state index in [4.69, 9.17) is 0 Å². The Bertz CT molecular complexity index is 473. The number of hydrogen-bond acceptors (Lipinski definition) is 0. The third kappa shape index (κ3) is 5.66. The Hall–Kier alpha value is -0.830. The van der Waals surface area contributed by atoms with Crippen molar-refractivity contribution in [2.24, 2.45) is 0 Å². The Morgan fingerprint density at radius 2 is 1.35 bits per heavy atom. The van der Waals surface area contributed by atoms with E-state index in [1.165, 1.54) is 51.2 Å². The molecular formula is C19H24I+. The molecule has 0 atom stereocenters. The molecule has 0 heterocycles. The first-order chi connectivity index (χ1) is 9.88. The second-order valence-corrected chi connectivity index (χ2v) is 8.21. The maximum atomic E-state index is 2.33. The van der Waals surface area contributed by atoms with Gasteiger partial charge in [0.2, 0.25) is 0 Å². The molecule has 2 aromatic carbocycles. The van der Waals surface area contributed by atoms with Crippen LogP contribution < -0.4 is 21.2 Å². The lowest BCUT2D eigenvalue weighted by atomic mass is 10.1. The van der Waals surface area contributed by atoms with Gasteiger partial charge in [-0.2, -0.15) is 0 Å². The Kier molecular flexibility index (Phi) is 7.13. The van der Waals surface area contributed by atoms with E-state index in [2.05, 4.69) is 61.5 Å². The van der Waals surface area contributed by atoms with Gasteiger partial charge in [0.25, 0.3) is 0 Å². The van der Waals surface area contributed by atoms with E-state index in [0.29, 0.717) is 0 Å². The van der Waals surface area contributed by atoms with E-state index >= 15 is 0 Å². The van der Waals surface area contributed by atoms with Crippen molar-refractivity contribution >= 4 is 0 Å². The highest BCUT2D eigenvalue weighted by Crippen LogP contribution is 2.08. The molecule has 0 saturated carbocycles. The topological polar surface area (TPSA) is 0 Å². The average Bonchev–Trinajstić information content (AvgIpc) is 2.50. The van der Waals surface area contributed by atoms with Crippen LogP contribution >= 0.6 is 0 Å². The van der Waals surface area contributed by atoms with E-state index in [-0.39, 0.29) is 21.2 Å². The van der Waals surface area contributed by atoms with Crippen molar-refractivity contribution in [3.8, 4) is 0 Å². The monoisotopic (exact) mass is 379 g/mol. The number of halogens is 1. The van der Waals surface area contributed by atoms with E-state index in [1.54, 1.807) is 0 Å². The number of benzene rings is 2. The van der Waals surface area contributed by atoms with Gasteiger partial charge in [-0.1, -0.05) is 62.9 Å². The van der Waals surface area contributed by atoms with Gasteiger partial charge in [-0.15, -0.1) is 0 Å². The zero-order valence-corrected chi connectivity index (χ0v) is 14.5. The van der Waals surface area contributed by atoms with Crippen LogP contribution in [0.5, 0.6) is 0 Å². The standard InChI is InChI=1S/C19H24I/c1-2-3-4-5-7-10-17-13-15-19(16-14-17)20-18-11-8-6-9-12-18/h6,8-9,11-16H,2-5,7,10H2,1H3/q+1. The van der Waals surface area contributed by atoms with Crippen LogP contribution in [0.4, 0.5) is 0 Å². The third-order valence-corrected chi connectivity index (χ3v) is 6.12. The van der Waals surface area contributed by atoms with Crippen molar-refractivity contribution < 1.29 is 21.2 Å². The van der Waals surface area contributed by atoms with Crippen molar-refractivity contribution in [1.29, 1.82) is 0 Å². The Labute approximate surface area is 133 Å². The minimum atomic E-state index is -0.00605. The molecule has 20 heavy (non-hydrogen) atoms. The molecule has 0 spiro atoms. The molecule has 106 valence electrons. The molecule has 1 heteroatoms. The van der Waals surface area contributed by atoms with Crippen LogP contribution in [0.15, 0.2) is 54.6 Å². The highest BCUT2D eigenvalue weighted by atomic mass is 127. The zero-order valence-electron chi connectivity index (χ0n) is 12.3. The van der Waals surface area contributed by atoms with Crippen molar-refractivity contribution in [3.05, 3.63) is 67.3 Å². The first kappa shape index (κ1) is 15.6. The second kappa shape index (κ2) is 9.17. The molecule has 0 unspecified atom stereocenters. The van der Waals surface area contributed by atoms with Crippen LogP contribution in [0, 0.1) is 7.14 Å². The van der Waals surface area contributed by atoms with Crippen molar-refractivity contribution in [3.63, 3.8) is 0 Å². The van der Waals surface area contributed by atoms with Crippen molar-refractivity contribution in [2.45, 2.75) is 45.4 Å². The molecule has 0 nitrogen and oxygen atoms in total. The van der Waals surface area contributed by atoms with Crippen LogP contribution in [-0.4, -0.2) is 0 Å². The molecule has 0 N–H and O–H groups in total. The van der Waals surface area contributed by atoms with Gasteiger partial charge in [-0.05, 0) is 42.7 Å². The van der Waals surface area contributed by atoms with Gasteiger partial charge in [0, 0.05) is 0 Å². The highest BCUT2D eigenvalue weighted by Gasteiger charge is 2.13. The van der Waals surface area contributed by atoms with Crippen molar-refractivity contribution in [1.82, 2.24) is 0 Å². The molecule has 0 radical (unpaired) electrons. The largest absolute Gasteiger partial charge is 0.357 e. The maximum absolute atomic E-state index is 2.33. The minimum Gasteiger partial charge on any atom is -0.0654 e. The summed E-state index contributed by atoms with van der Waals surface area (Å²) < 4.78 is 3.02. The number of aryl methyl sites for hydroxylation is 1. The smallest absolute Gasteiger partial charge is 0.0654 e. The van der Waals surface area contributed by atoms with Crippen LogP contribution in [0.2, 0.25) is 0 Å². The van der Waals surface area contributed by atoms with Gasteiger partial charge in [-0.25, -0.2) is 0 Å². The van der Waals surface area contributed by atoms with E-state index in [0.717, 1.165) is 0 Å². The number of rotatable bonds is 8. The number of unbranched alkanes of at least 4 members (excludes halogenated alkanes) is 4. The number of hydrogen-bond donors (Lipinski definition) is 0. The van der Waals surface area contributed by atoms with Crippen LogP contribution in [0.1, 0.15) is 44.6 Å². The Morgan fingerprint density at radius 3 is 2.05 bits per heavy atom. The molecule has 0 bridgehead atoms. The second-order valence-electron chi connectivity index (χ2n) is 5.18. The van der Waals surface area contributed by atoms with Crippen LogP contribution in [-0.2, 0) is 6.42 Å². The molecule has 0 aliphatic rings. The summed E-state index contributed by atoms with van der Waals surface area (Å²) in [7, 11) is 0. The van der Waals surface area contributed by atoms with E-state index < -0.39 is 0 Å². The van der Waals surface area contributed by atoms with Gasteiger partial charge in [0.1, 0.15) is 0 Å². The summed E-state index contributed by atoms with van der Waals surface area (Å²) in [4.78, 5) is 0. The Morgan fingerprint density at radius 1 is 0.700 bits per heavy atom. The first-order valence-electron chi connectivity index (χ1n) is 7.67. The lowest BCUT2D eigenvalue weighted by Crippen LogP contribution is -3.61. The summed E-state index contributed by atoms with van der Waals surface area (Å²) in [5, 5.41) is 0. The van der Waals surface area contributed by atoms with Crippen LogP contribution in [0.3, 0.4) is 0 Å². The average molecular weight is 379 g/mol. The summed E-state index contributed by atoms with van der Waals surface area (Å²) in [6.07, 6.45) is 8.08. The summed E-state index contributed by atoms with van der Waals surface area (Å²) in [5.41, 5.74) is 1.50. The lowest BCUT2D eigenvalue weighted by molar-refractivity contribution is -0.597. The summed E-state index contributed by atoms with van der Waals surface area (Å²) in [6.45, 7) is 2.27. The zero-order chi connectivity index (χ0) is 14.0. The molecule has 0 saturated heterocycles. The first-order valence-corrected chi connectivity index (χ1v) is 9.83. The van der Waals surface area contributed by atoms with Gasteiger partial charge in [0.15, 0.2) is 7.14 Å². The van der Waals surface area contributed by atoms with Gasteiger partial charge >= 0.3 is 21.2 Å². The summed E-state index contributed by atoms with van der Waals surface area (Å²) in [6, 6.07) is 20.2. The lowest BCUT2D eigenvalue weighted by Gasteiger charge is -2.00. The molecule has 0 aliphatic heterocycles. The fourth-order valence-electron chi connectivity index (χ4n) is 2.25. The quantitative estimate of drug-likeness (QED) is 0.488. The predicted octanol–water partition coefficient (Wildman–Crippen LogP) is 2.33. The Balaban J connectivity index is 1.78. The summed E-state index contributed by atoms with van der Waals surface area (Å²) >= 11 is -0.00605.